The summed E-state index contributed by atoms with van der Waals surface area (Å²) in [5, 5.41) is 4.08. The first-order valence-corrected chi connectivity index (χ1v) is 5.27. The van der Waals surface area contributed by atoms with Crippen LogP contribution in [-0.2, 0) is 0 Å². The van der Waals surface area contributed by atoms with Gasteiger partial charge in [0.25, 0.3) is 0 Å². The number of H-pyrrole nitrogens is 1. The Labute approximate surface area is 97.3 Å². The predicted molar refractivity (Wildman–Crippen MR) is 65.8 cm³/mol. The van der Waals surface area contributed by atoms with Crippen LogP contribution >= 0.6 is 0 Å². The lowest BCUT2D eigenvalue weighted by molar-refractivity contribution is 0.625. The fraction of sp³-hybridized carbons (Fsp3) is 0. The van der Waals surface area contributed by atoms with Gasteiger partial charge in [-0.25, -0.2) is 4.39 Å². The lowest BCUT2D eigenvalue weighted by Crippen LogP contribution is -1.93. The van der Waals surface area contributed by atoms with Crippen molar-refractivity contribution in [2.75, 3.05) is 5.32 Å². The van der Waals surface area contributed by atoms with Crippen LogP contribution in [0.15, 0.2) is 48.9 Å². The number of anilines is 2. The van der Waals surface area contributed by atoms with Crippen LogP contribution < -0.4 is 5.32 Å². The molecule has 2 heterocycles. The van der Waals surface area contributed by atoms with E-state index in [1.165, 1.54) is 6.20 Å². The molecule has 3 nitrogen and oxygen atoms in total. The zero-order chi connectivity index (χ0) is 11.7. The largest absolute Gasteiger partial charge is 0.359 e. The monoisotopic (exact) mass is 227 g/mol. The molecule has 0 radical (unpaired) electrons. The molecule has 0 unspecified atom stereocenters. The summed E-state index contributed by atoms with van der Waals surface area (Å²) in [5.41, 5.74) is 2.29. The average Bonchev–Trinajstić information content (AvgIpc) is 2.76. The number of aromatic amines is 1. The van der Waals surface area contributed by atoms with Crippen LogP contribution in [0, 0.1) is 5.82 Å². The Balaban J connectivity index is 2.03. The van der Waals surface area contributed by atoms with Crippen molar-refractivity contribution in [3.05, 3.63) is 54.7 Å². The van der Waals surface area contributed by atoms with Crippen molar-refractivity contribution in [2.45, 2.75) is 0 Å². The molecule has 3 aromatic rings. The fourth-order valence-corrected chi connectivity index (χ4v) is 1.80. The number of pyridine rings is 1. The number of halogens is 1. The van der Waals surface area contributed by atoms with Crippen LogP contribution in [0.5, 0.6) is 0 Å². The number of nitrogens with one attached hydrogen (secondary N) is 2. The molecule has 1 aromatic carbocycles. The van der Waals surface area contributed by atoms with Crippen LogP contribution in [0.1, 0.15) is 0 Å². The van der Waals surface area contributed by atoms with E-state index in [-0.39, 0.29) is 5.82 Å². The number of benzene rings is 1. The molecule has 0 fully saturated rings. The van der Waals surface area contributed by atoms with Crippen molar-refractivity contribution in [2.24, 2.45) is 0 Å². The van der Waals surface area contributed by atoms with Gasteiger partial charge in [-0.3, -0.25) is 4.98 Å². The number of nitrogens with zero attached hydrogens (tertiary/aromatic N) is 1. The van der Waals surface area contributed by atoms with Gasteiger partial charge in [0, 0.05) is 23.3 Å². The van der Waals surface area contributed by atoms with Crippen LogP contribution in [0.4, 0.5) is 15.8 Å². The third-order valence-electron chi connectivity index (χ3n) is 2.63. The number of aromatic nitrogens is 2. The van der Waals surface area contributed by atoms with E-state index in [9.17, 15) is 4.39 Å². The van der Waals surface area contributed by atoms with Gasteiger partial charge in [0.05, 0.1) is 17.6 Å². The Morgan fingerprint density at radius 1 is 1.12 bits per heavy atom. The van der Waals surface area contributed by atoms with E-state index in [1.54, 1.807) is 12.3 Å². The molecule has 2 aromatic heterocycles. The summed E-state index contributed by atoms with van der Waals surface area (Å²) in [6.07, 6.45) is 4.57. The Morgan fingerprint density at radius 3 is 2.88 bits per heavy atom. The highest BCUT2D eigenvalue weighted by molar-refractivity contribution is 5.93. The smallest absolute Gasteiger partial charge is 0.164 e. The second-order valence-electron chi connectivity index (χ2n) is 3.73. The first-order valence-electron chi connectivity index (χ1n) is 5.27. The van der Waals surface area contributed by atoms with E-state index in [0.717, 1.165) is 16.6 Å². The first-order chi connectivity index (χ1) is 8.34. The van der Waals surface area contributed by atoms with Gasteiger partial charge in [0.1, 0.15) is 0 Å². The summed E-state index contributed by atoms with van der Waals surface area (Å²) < 4.78 is 13.4. The van der Waals surface area contributed by atoms with E-state index in [1.807, 2.05) is 30.5 Å². The van der Waals surface area contributed by atoms with Gasteiger partial charge in [-0.2, -0.15) is 0 Å². The van der Waals surface area contributed by atoms with Gasteiger partial charge in [-0.05, 0) is 12.1 Å². The SMILES string of the molecule is Fc1cnccc1Nc1c[nH]c2ccccc12. The van der Waals surface area contributed by atoms with Gasteiger partial charge in [0.15, 0.2) is 5.82 Å². The molecule has 84 valence electrons. The fourth-order valence-electron chi connectivity index (χ4n) is 1.80. The lowest BCUT2D eigenvalue weighted by atomic mass is 10.2. The number of fused-ring (bicyclic) bond motifs is 1. The Hall–Kier alpha value is -2.36. The summed E-state index contributed by atoms with van der Waals surface area (Å²) >= 11 is 0. The van der Waals surface area contributed by atoms with Gasteiger partial charge in [-0.1, -0.05) is 18.2 Å². The molecular formula is C13H10FN3. The highest BCUT2D eigenvalue weighted by atomic mass is 19.1. The number of hydrogen-bond donors (Lipinski definition) is 2. The lowest BCUT2D eigenvalue weighted by Gasteiger charge is -2.05. The van der Waals surface area contributed by atoms with E-state index in [2.05, 4.69) is 15.3 Å². The number of para-hydroxylation sites is 1. The zero-order valence-corrected chi connectivity index (χ0v) is 8.94. The number of rotatable bonds is 2. The summed E-state index contributed by atoms with van der Waals surface area (Å²) in [6, 6.07) is 9.47. The molecule has 0 amide bonds. The van der Waals surface area contributed by atoms with Crippen LogP contribution in [0.2, 0.25) is 0 Å². The maximum Gasteiger partial charge on any atom is 0.164 e. The van der Waals surface area contributed by atoms with Gasteiger partial charge < -0.3 is 10.3 Å². The molecule has 0 bridgehead atoms. The molecule has 0 aliphatic heterocycles. The standard InChI is InChI=1S/C13H10FN3/c14-10-7-15-6-5-12(10)17-13-8-16-11-4-2-1-3-9(11)13/h1-8,16H,(H,15,17). The van der Waals surface area contributed by atoms with Crippen LogP contribution in [-0.4, -0.2) is 9.97 Å². The highest BCUT2D eigenvalue weighted by Gasteiger charge is 2.05. The molecule has 0 aliphatic carbocycles. The molecule has 4 heteroatoms. The minimum absolute atomic E-state index is 0.363. The maximum atomic E-state index is 13.4. The molecule has 0 saturated heterocycles. The van der Waals surface area contributed by atoms with Crippen molar-refractivity contribution < 1.29 is 4.39 Å². The van der Waals surface area contributed by atoms with Crippen molar-refractivity contribution in [1.29, 1.82) is 0 Å². The zero-order valence-electron chi connectivity index (χ0n) is 8.94. The minimum Gasteiger partial charge on any atom is -0.359 e. The first kappa shape index (κ1) is 9.84. The Bertz CT molecular complexity index is 660. The van der Waals surface area contributed by atoms with Crippen LogP contribution in [0.25, 0.3) is 10.9 Å². The molecule has 0 spiro atoms. The van der Waals surface area contributed by atoms with Gasteiger partial charge in [0.2, 0.25) is 0 Å². The average molecular weight is 227 g/mol. The second-order valence-corrected chi connectivity index (χ2v) is 3.73. The summed E-state index contributed by atoms with van der Waals surface area (Å²) in [5.74, 6) is -0.363. The molecule has 0 saturated carbocycles. The van der Waals surface area contributed by atoms with E-state index < -0.39 is 0 Å². The topological polar surface area (TPSA) is 40.7 Å². The van der Waals surface area contributed by atoms with E-state index in [0.29, 0.717) is 5.69 Å². The third-order valence-corrected chi connectivity index (χ3v) is 2.63. The molecule has 0 atom stereocenters. The number of hydrogen-bond acceptors (Lipinski definition) is 2. The van der Waals surface area contributed by atoms with E-state index >= 15 is 0 Å². The normalized spacial score (nSPS) is 10.6. The Kier molecular flexibility index (Phi) is 2.26. The summed E-state index contributed by atoms with van der Waals surface area (Å²) in [7, 11) is 0. The van der Waals surface area contributed by atoms with E-state index in [4.69, 9.17) is 0 Å². The Morgan fingerprint density at radius 2 is 2.00 bits per heavy atom. The van der Waals surface area contributed by atoms with Crippen molar-refractivity contribution >= 4 is 22.3 Å². The summed E-state index contributed by atoms with van der Waals surface area (Å²) in [4.78, 5) is 6.84. The molecular weight excluding hydrogens is 217 g/mol. The highest BCUT2D eigenvalue weighted by Crippen LogP contribution is 2.26. The maximum absolute atomic E-state index is 13.4. The van der Waals surface area contributed by atoms with Crippen LogP contribution in [0.3, 0.4) is 0 Å². The van der Waals surface area contributed by atoms with Crippen molar-refractivity contribution in [3.63, 3.8) is 0 Å². The third kappa shape index (κ3) is 1.73. The van der Waals surface area contributed by atoms with Crippen molar-refractivity contribution in [3.8, 4) is 0 Å². The minimum atomic E-state index is -0.363. The molecule has 0 aliphatic rings. The molecule has 3 rings (SSSR count). The summed E-state index contributed by atoms with van der Waals surface area (Å²) in [6.45, 7) is 0. The van der Waals surface area contributed by atoms with Crippen molar-refractivity contribution in [1.82, 2.24) is 9.97 Å². The second kappa shape index (κ2) is 3.90. The quantitative estimate of drug-likeness (QED) is 0.704. The predicted octanol–water partition coefficient (Wildman–Crippen LogP) is 3.45. The molecule has 17 heavy (non-hydrogen) atoms. The van der Waals surface area contributed by atoms with Gasteiger partial charge >= 0.3 is 0 Å². The molecule has 2 N–H and O–H groups in total. The van der Waals surface area contributed by atoms with Gasteiger partial charge in [-0.15, -0.1) is 0 Å².